The molecule has 3 rings (SSSR count). The molecule has 0 saturated heterocycles. The summed E-state index contributed by atoms with van der Waals surface area (Å²) in [4.78, 5) is 13.4. The van der Waals surface area contributed by atoms with E-state index in [0.29, 0.717) is 17.6 Å². The van der Waals surface area contributed by atoms with E-state index in [2.05, 4.69) is 4.90 Å². The van der Waals surface area contributed by atoms with Gasteiger partial charge in [-0.15, -0.1) is 0 Å². The van der Waals surface area contributed by atoms with E-state index in [-0.39, 0.29) is 5.56 Å². The van der Waals surface area contributed by atoms with Gasteiger partial charge < -0.3 is 10.0 Å². The van der Waals surface area contributed by atoms with Gasteiger partial charge in [0.15, 0.2) is 0 Å². The van der Waals surface area contributed by atoms with Gasteiger partial charge in [-0.25, -0.2) is 9.18 Å². The lowest BCUT2D eigenvalue weighted by atomic mass is 10.1. The van der Waals surface area contributed by atoms with E-state index in [0.717, 1.165) is 25.5 Å². The van der Waals surface area contributed by atoms with E-state index in [9.17, 15) is 14.3 Å². The zero-order valence-electron chi connectivity index (χ0n) is 10.1. The van der Waals surface area contributed by atoms with E-state index >= 15 is 0 Å². The topological polar surface area (TPSA) is 40.5 Å². The predicted molar refractivity (Wildman–Crippen MR) is 66.5 cm³/mol. The third-order valence-electron chi connectivity index (χ3n) is 3.64. The summed E-state index contributed by atoms with van der Waals surface area (Å²) in [6, 6.07) is 4.54. The molecular formula is C14H16FNO2. The summed E-state index contributed by atoms with van der Waals surface area (Å²) < 4.78 is 13.2. The molecular weight excluding hydrogens is 233 g/mol. The van der Waals surface area contributed by atoms with Crippen molar-refractivity contribution in [3.05, 3.63) is 29.6 Å². The number of nitrogens with zero attached hydrogens (tertiary/aromatic N) is 1. The fraction of sp³-hybridized carbons (Fsp3) is 0.500. The molecule has 3 nitrogen and oxygen atoms in total. The molecule has 0 atom stereocenters. The van der Waals surface area contributed by atoms with Gasteiger partial charge in [0.2, 0.25) is 0 Å². The fourth-order valence-electron chi connectivity index (χ4n) is 2.34. The zero-order chi connectivity index (χ0) is 12.7. The van der Waals surface area contributed by atoms with Crippen LogP contribution in [0.25, 0.3) is 0 Å². The highest BCUT2D eigenvalue weighted by Gasteiger charge is 2.35. The summed E-state index contributed by atoms with van der Waals surface area (Å²) in [7, 11) is 0. The van der Waals surface area contributed by atoms with Gasteiger partial charge in [-0.2, -0.15) is 0 Å². The average Bonchev–Trinajstić information content (AvgIpc) is 3.19. The lowest BCUT2D eigenvalue weighted by molar-refractivity contribution is 0.0697. The lowest BCUT2D eigenvalue weighted by Crippen LogP contribution is -2.29. The highest BCUT2D eigenvalue weighted by atomic mass is 19.1. The summed E-state index contributed by atoms with van der Waals surface area (Å²) >= 11 is 0. The molecule has 1 N–H and O–H groups in total. The molecule has 2 aliphatic carbocycles. The molecule has 4 heteroatoms. The summed E-state index contributed by atoms with van der Waals surface area (Å²) in [5.41, 5.74) is 0.765. The van der Waals surface area contributed by atoms with Crippen molar-refractivity contribution in [1.82, 2.24) is 0 Å². The number of halogens is 1. The summed E-state index contributed by atoms with van der Waals surface area (Å²) in [5.74, 6) is -0.846. The molecule has 0 heterocycles. The van der Waals surface area contributed by atoms with E-state index < -0.39 is 11.8 Å². The van der Waals surface area contributed by atoms with Gasteiger partial charge in [0, 0.05) is 12.6 Å². The van der Waals surface area contributed by atoms with Crippen LogP contribution in [0.4, 0.5) is 10.1 Å². The van der Waals surface area contributed by atoms with Gasteiger partial charge in [0.05, 0.1) is 11.3 Å². The maximum absolute atomic E-state index is 13.2. The van der Waals surface area contributed by atoms with Crippen molar-refractivity contribution in [3.8, 4) is 0 Å². The third kappa shape index (κ3) is 2.33. The largest absolute Gasteiger partial charge is 0.478 e. The molecule has 18 heavy (non-hydrogen) atoms. The Morgan fingerprint density at radius 1 is 1.33 bits per heavy atom. The molecule has 96 valence electrons. The van der Waals surface area contributed by atoms with Gasteiger partial charge in [-0.05, 0) is 49.8 Å². The van der Waals surface area contributed by atoms with E-state index in [1.54, 1.807) is 6.07 Å². The first-order valence-corrected chi connectivity index (χ1v) is 6.44. The standard InChI is InChI=1S/C14H16FNO2/c15-10-3-6-13(12(7-10)14(17)18)16(11-4-5-11)8-9-1-2-9/h3,6-7,9,11H,1-2,4-5,8H2,(H,17,18). The molecule has 2 aliphatic rings. The SMILES string of the molecule is O=C(O)c1cc(F)ccc1N(CC1CC1)C1CC1. The zero-order valence-corrected chi connectivity index (χ0v) is 10.1. The number of rotatable bonds is 5. The Morgan fingerprint density at radius 2 is 2.06 bits per heavy atom. The van der Waals surface area contributed by atoms with E-state index in [1.165, 1.54) is 18.9 Å². The van der Waals surface area contributed by atoms with Gasteiger partial charge >= 0.3 is 5.97 Å². The van der Waals surface area contributed by atoms with Crippen molar-refractivity contribution in [2.75, 3.05) is 11.4 Å². The van der Waals surface area contributed by atoms with Crippen molar-refractivity contribution in [1.29, 1.82) is 0 Å². The predicted octanol–water partition coefficient (Wildman–Crippen LogP) is 2.90. The number of carbonyl (C=O) groups is 1. The van der Waals surface area contributed by atoms with Gasteiger partial charge in [0.25, 0.3) is 0 Å². The number of carboxylic acids is 1. The van der Waals surface area contributed by atoms with Crippen molar-refractivity contribution in [2.24, 2.45) is 5.92 Å². The average molecular weight is 249 g/mol. The fourth-order valence-corrected chi connectivity index (χ4v) is 2.34. The van der Waals surface area contributed by atoms with Crippen LogP contribution in [-0.2, 0) is 0 Å². The Bertz CT molecular complexity index is 481. The Labute approximate surface area is 105 Å². The summed E-state index contributed by atoms with van der Waals surface area (Å²) in [6.45, 7) is 0.913. The minimum absolute atomic E-state index is 0.0857. The Balaban J connectivity index is 1.93. The summed E-state index contributed by atoms with van der Waals surface area (Å²) in [6.07, 6.45) is 4.69. The number of benzene rings is 1. The highest BCUT2D eigenvalue weighted by Crippen LogP contribution is 2.39. The molecule has 0 radical (unpaired) electrons. The van der Waals surface area contributed by atoms with Gasteiger partial charge in [-0.1, -0.05) is 0 Å². The van der Waals surface area contributed by atoms with Crippen LogP contribution in [0.15, 0.2) is 18.2 Å². The van der Waals surface area contributed by atoms with Crippen LogP contribution in [0.1, 0.15) is 36.0 Å². The third-order valence-corrected chi connectivity index (χ3v) is 3.64. The maximum atomic E-state index is 13.2. The second-order valence-electron chi connectivity index (χ2n) is 5.29. The molecule has 1 aromatic rings. The van der Waals surface area contributed by atoms with Crippen LogP contribution in [0.5, 0.6) is 0 Å². The molecule has 2 saturated carbocycles. The van der Waals surface area contributed by atoms with Crippen LogP contribution in [-0.4, -0.2) is 23.7 Å². The van der Waals surface area contributed by atoms with Crippen LogP contribution < -0.4 is 4.90 Å². The Hall–Kier alpha value is -1.58. The van der Waals surface area contributed by atoms with Gasteiger partial charge in [0.1, 0.15) is 5.82 Å². The first-order valence-electron chi connectivity index (χ1n) is 6.44. The molecule has 2 fully saturated rings. The molecule has 0 amide bonds. The van der Waals surface area contributed by atoms with Gasteiger partial charge in [-0.3, -0.25) is 0 Å². The highest BCUT2D eigenvalue weighted by molar-refractivity contribution is 5.94. The molecule has 0 spiro atoms. The summed E-state index contributed by atoms with van der Waals surface area (Å²) in [5, 5.41) is 9.20. The minimum Gasteiger partial charge on any atom is -0.478 e. The Kier molecular flexibility index (Phi) is 2.73. The van der Waals surface area contributed by atoms with Crippen molar-refractivity contribution < 1.29 is 14.3 Å². The molecule has 0 aliphatic heterocycles. The van der Waals surface area contributed by atoms with E-state index in [1.807, 2.05) is 0 Å². The Morgan fingerprint density at radius 3 is 2.61 bits per heavy atom. The lowest BCUT2D eigenvalue weighted by Gasteiger charge is -2.26. The molecule has 1 aromatic carbocycles. The number of carboxylic acid groups (broad SMARTS) is 1. The number of anilines is 1. The second-order valence-corrected chi connectivity index (χ2v) is 5.29. The number of aromatic carboxylic acids is 1. The molecule has 0 unspecified atom stereocenters. The van der Waals surface area contributed by atoms with Crippen molar-refractivity contribution >= 4 is 11.7 Å². The minimum atomic E-state index is -1.05. The maximum Gasteiger partial charge on any atom is 0.337 e. The van der Waals surface area contributed by atoms with Crippen LogP contribution >= 0.6 is 0 Å². The van der Waals surface area contributed by atoms with Crippen LogP contribution in [0, 0.1) is 11.7 Å². The monoisotopic (exact) mass is 249 g/mol. The number of hydrogen-bond acceptors (Lipinski definition) is 2. The molecule has 0 bridgehead atoms. The van der Waals surface area contributed by atoms with Crippen molar-refractivity contribution in [2.45, 2.75) is 31.7 Å². The number of hydrogen-bond donors (Lipinski definition) is 1. The van der Waals surface area contributed by atoms with Crippen LogP contribution in [0.2, 0.25) is 0 Å². The second kappa shape index (κ2) is 4.26. The smallest absolute Gasteiger partial charge is 0.337 e. The quantitative estimate of drug-likeness (QED) is 0.872. The molecule has 0 aromatic heterocycles. The first kappa shape index (κ1) is 11.5. The van der Waals surface area contributed by atoms with Crippen LogP contribution in [0.3, 0.4) is 0 Å². The normalized spacial score (nSPS) is 18.7. The van der Waals surface area contributed by atoms with Crippen molar-refractivity contribution in [3.63, 3.8) is 0 Å². The first-order chi connectivity index (χ1) is 8.65. The van der Waals surface area contributed by atoms with E-state index in [4.69, 9.17) is 0 Å².